The first kappa shape index (κ1) is 14.3. The summed E-state index contributed by atoms with van der Waals surface area (Å²) in [5.74, 6) is -1.83. The van der Waals surface area contributed by atoms with Gasteiger partial charge in [0.25, 0.3) is 0 Å². The first-order valence-electron chi connectivity index (χ1n) is 5.55. The van der Waals surface area contributed by atoms with Gasteiger partial charge >= 0.3 is 5.97 Å². The average molecular weight is 294 g/mol. The lowest BCUT2D eigenvalue weighted by atomic mass is 10.1. The molecule has 0 spiro atoms. The Morgan fingerprint density at radius 2 is 2.20 bits per heavy atom. The Morgan fingerprint density at radius 1 is 1.45 bits per heavy atom. The Morgan fingerprint density at radius 3 is 2.80 bits per heavy atom. The van der Waals surface area contributed by atoms with Gasteiger partial charge in [0, 0.05) is 11.8 Å². The van der Waals surface area contributed by atoms with Crippen LogP contribution in [0.4, 0.5) is 4.39 Å². The van der Waals surface area contributed by atoms with Crippen LogP contribution in [-0.4, -0.2) is 34.4 Å². The van der Waals surface area contributed by atoms with Crippen LogP contribution in [0.25, 0.3) is 11.3 Å². The van der Waals surface area contributed by atoms with Crippen molar-refractivity contribution in [1.29, 1.82) is 0 Å². The highest BCUT2D eigenvalue weighted by Gasteiger charge is 2.19. The van der Waals surface area contributed by atoms with Crippen molar-refractivity contribution in [3.63, 3.8) is 0 Å². The van der Waals surface area contributed by atoms with Crippen molar-refractivity contribution in [1.82, 2.24) is 9.97 Å². The van der Waals surface area contributed by atoms with Crippen LogP contribution in [0.2, 0.25) is 0 Å². The van der Waals surface area contributed by atoms with Crippen LogP contribution in [0, 0.1) is 5.82 Å². The molecular formula is C13H11FN2O3S. The Bertz CT molecular complexity index is 664. The van der Waals surface area contributed by atoms with Gasteiger partial charge in [-0.3, -0.25) is 0 Å². The molecule has 1 N–H and O–H groups in total. The minimum Gasteiger partial charge on any atom is -0.494 e. The number of aromatic carboxylic acids is 1. The van der Waals surface area contributed by atoms with Gasteiger partial charge in [-0.2, -0.15) is 0 Å². The fraction of sp³-hybridized carbons (Fsp3) is 0.154. The molecule has 7 heteroatoms. The summed E-state index contributed by atoms with van der Waals surface area (Å²) < 4.78 is 19.1. The van der Waals surface area contributed by atoms with E-state index >= 15 is 0 Å². The molecule has 0 aliphatic carbocycles. The molecule has 20 heavy (non-hydrogen) atoms. The highest BCUT2D eigenvalue weighted by molar-refractivity contribution is 7.98. The lowest BCUT2D eigenvalue weighted by Crippen LogP contribution is -2.05. The summed E-state index contributed by atoms with van der Waals surface area (Å²) in [7, 11) is 1.34. The van der Waals surface area contributed by atoms with E-state index in [9.17, 15) is 9.18 Å². The van der Waals surface area contributed by atoms with Crippen LogP contribution >= 0.6 is 11.8 Å². The zero-order chi connectivity index (χ0) is 14.7. The van der Waals surface area contributed by atoms with Crippen molar-refractivity contribution < 1.29 is 19.0 Å². The first-order chi connectivity index (χ1) is 9.58. The average Bonchev–Trinajstić information content (AvgIpc) is 2.46. The smallest absolute Gasteiger partial charge is 0.339 e. The van der Waals surface area contributed by atoms with Crippen molar-refractivity contribution in [2.45, 2.75) is 5.16 Å². The van der Waals surface area contributed by atoms with Crippen molar-refractivity contribution in [2.75, 3.05) is 13.4 Å². The minimum atomic E-state index is -1.21. The van der Waals surface area contributed by atoms with E-state index in [0.29, 0.717) is 5.16 Å². The van der Waals surface area contributed by atoms with Crippen LogP contribution < -0.4 is 4.74 Å². The number of nitrogens with zero attached hydrogens (tertiary/aromatic N) is 2. The van der Waals surface area contributed by atoms with E-state index in [2.05, 4.69) is 9.97 Å². The Kier molecular flexibility index (Phi) is 4.19. The lowest BCUT2D eigenvalue weighted by molar-refractivity contribution is 0.0696. The van der Waals surface area contributed by atoms with Crippen molar-refractivity contribution in [3.8, 4) is 17.0 Å². The number of aromatic nitrogens is 2. The van der Waals surface area contributed by atoms with Crippen molar-refractivity contribution in [2.24, 2.45) is 0 Å². The molecule has 0 fully saturated rings. The summed E-state index contributed by atoms with van der Waals surface area (Å²) in [6.45, 7) is 0. The molecule has 2 rings (SSSR count). The van der Waals surface area contributed by atoms with Gasteiger partial charge in [-0.1, -0.05) is 17.8 Å². The van der Waals surface area contributed by atoms with E-state index in [1.807, 2.05) is 0 Å². The maximum Gasteiger partial charge on any atom is 0.339 e. The van der Waals surface area contributed by atoms with Crippen LogP contribution in [-0.2, 0) is 0 Å². The molecule has 0 aliphatic heterocycles. The number of carbonyl (C=O) groups is 1. The van der Waals surface area contributed by atoms with Gasteiger partial charge in [0.2, 0.25) is 0 Å². The summed E-state index contributed by atoms with van der Waals surface area (Å²) in [5, 5.41) is 9.54. The number of halogens is 1. The van der Waals surface area contributed by atoms with Crippen LogP contribution in [0.3, 0.4) is 0 Å². The second-order valence-electron chi connectivity index (χ2n) is 3.75. The molecule has 1 aromatic heterocycles. The van der Waals surface area contributed by atoms with E-state index in [1.54, 1.807) is 12.3 Å². The number of hydrogen-bond acceptors (Lipinski definition) is 5. The quantitative estimate of drug-likeness (QED) is 0.690. The molecule has 2 aromatic rings. The molecule has 1 heterocycles. The topological polar surface area (TPSA) is 72.3 Å². The van der Waals surface area contributed by atoms with E-state index in [0.717, 1.165) is 0 Å². The van der Waals surface area contributed by atoms with Gasteiger partial charge in [-0.05, 0) is 18.4 Å². The Balaban J connectivity index is 2.70. The lowest BCUT2D eigenvalue weighted by Gasteiger charge is -2.09. The molecule has 0 bridgehead atoms. The minimum absolute atomic E-state index is 0.0307. The highest BCUT2D eigenvalue weighted by Crippen LogP contribution is 2.30. The van der Waals surface area contributed by atoms with Gasteiger partial charge in [-0.25, -0.2) is 19.2 Å². The molecule has 0 aliphatic rings. The molecule has 0 amide bonds. The zero-order valence-corrected chi connectivity index (χ0v) is 11.6. The second kappa shape index (κ2) is 5.87. The van der Waals surface area contributed by atoms with Crippen LogP contribution in [0.5, 0.6) is 5.75 Å². The number of carboxylic acids is 1. The summed E-state index contributed by atoms with van der Waals surface area (Å²) in [6.07, 6.45) is 2.93. The predicted octanol–water partition coefficient (Wildman–Crippen LogP) is 2.71. The van der Waals surface area contributed by atoms with Crippen LogP contribution in [0.15, 0.2) is 29.6 Å². The predicted molar refractivity (Wildman–Crippen MR) is 72.7 cm³/mol. The molecular weight excluding hydrogens is 283 g/mol. The summed E-state index contributed by atoms with van der Waals surface area (Å²) in [5.41, 5.74) is -0.0531. The summed E-state index contributed by atoms with van der Waals surface area (Å²) in [4.78, 5) is 19.2. The third-order valence-electron chi connectivity index (χ3n) is 2.62. The fourth-order valence-electron chi connectivity index (χ4n) is 1.68. The van der Waals surface area contributed by atoms with E-state index in [4.69, 9.17) is 9.84 Å². The van der Waals surface area contributed by atoms with Crippen molar-refractivity contribution >= 4 is 17.7 Å². The number of thioether (sulfide) groups is 1. The number of carboxylic acid groups (broad SMARTS) is 1. The van der Waals surface area contributed by atoms with Gasteiger partial charge < -0.3 is 9.84 Å². The zero-order valence-electron chi connectivity index (χ0n) is 10.8. The number of methoxy groups -OCH3 is 1. The largest absolute Gasteiger partial charge is 0.494 e. The van der Waals surface area contributed by atoms with E-state index in [1.165, 1.54) is 37.2 Å². The van der Waals surface area contributed by atoms with Gasteiger partial charge in [0.15, 0.2) is 16.7 Å². The van der Waals surface area contributed by atoms with Gasteiger partial charge in [0.1, 0.15) is 5.56 Å². The van der Waals surface area contributed by atoms with E-state index in [-0.39, 0.29) is 22.6 Å². The monoisotopic (exact) mass is 294 g/mol. The third-order valence-corrected chi connectivity index (χ3v) is 3.18. The fourth-order valence-corrected chi connectivity index (χ4v) is 2.02. The highest BCUT2D eigenvalue weighted by atomic mass is 32.2. The normalized spacial score (nSPS) is 10.3. The Labute approximate surface area is 118 Å². The first-order valence-corrected chi connectivity index (χ1v) is 6.78. The van der Waals surface area contributed by atoms with E-state index < -0.39 is 11.8 Å². The second-order valence-corrected chi connectivity index (χ2v) is 4.52. The molecule has 0 saturated heterocycles. The molecule has 104 valence electrons. The molecule has 5 nitrogen and oxygen atoms in total. The SMILES string of the molecule is COc1cccc(-c2nc(SC)ncc2C(=O)O)c1F. The maximum atomic E-state index is 14.3. The summed E-state index contributed by atoms with van der Waals surface area (Å²) >= 11 is 1.25. The third kappa shape index (κ3) is 2.57. The molecule has 0 unspecified atom stereocenters. The molecule has 0 atom stereocenters. The van der Waals surface area contributed by atoms with Gasteiger partial charge in [-0.15, -0.1) is 0 Å². The molecule has 1 aromatic carbocycles. The Hall–Kier alpha value is -2.15. The summed E-state index contributed by atoms with van der Waals surface area (Å²) in [6, 6.07) is 4.48. The number of hydrogen-bond donors (Lipinski definition) is 1. The maximum absolute atomic E-state index is 14.3. The number of rotatable bonds is 4. The van der Waals surface area contributed by atoms with Crippen molar-refractivity contribution in [3.05, 3.63) is 35.8 Å². The number of benzene rings is 1. The number of ether oxygens (including phenoxy) is 1. The van der Waals surface area contributed by atoms with Gasteiger partial charge in [0.05, 0.1) is 12.8 Å². The molecule has 0 radical (unpaired) electrons. The molecule has 0 saturated carbocycles. The van der Waals surface area contributed by atoms with Crippen LogP contribution in [0.1, 0.15) is 10.4 Å². The standard InChI is InChI=1S/C13H11FN2O3S/c1-19-9-5-3-4-7(10(9)14)11-8(12(17)18)6-15-13(16-11)20-2/h3-6H,1-2H3,(H,17,18).